The molecule has 2 aromatic rings. The van der Waals surface area contributed by atoms with E-state index >= 15 is 0 Å². The van der Waals surface area contributed by atoms with E-state index in [-0.39, 0.29) is 13.0 Å². The predicted molar refractivity (Wildman–Crippen MR) is 77.5 cm³/mol. The number of benzene rings is 2. The second-order valence-electron chi connectivity index (χ2n) is 4.42. The summed E-state index contributed by atoms with van der Waals surface area (Å²) in [5.41, 5.74) is 8.21. The van der Waals surface area contributed by atoms with E-state index in [0.717, 1.165) is 11.1 Å². The van der Waals surface area contributed by atoms with Gasteiger partial charge in [0.1, 0.15) is 11.5 Å². The van der Waals surface area contributed by atoms with E-state index < -0.39 is 0 Å². The Morgan fingerprint density at radius 2 is 1.80 bits per heavy atom. The fourth-order valence-electron chi connectivity index (χ4n) is 1.87. The van der Waals surface area contributed by atoms with Gasteiger partial charge >= 0.3 is 0 Å². The van der Waals surface area contributed by atoms with Crippen LogP contribution in [0.2, 0.25) is 0 Å². The van der Waals surface area contributed by atoms with Gasteiger partial charge in [-0.25, -0.2) is 0 Å². The Morgan fingerprint density at radius 1 is 1.10 bits per heavy atom. The van der Waals surface area contributed by atoms with Crippen LogP contribution in [-0.2, 0) is 12.8 Å². The molecule has 0 aromatic heterocycles. The van der Waals surface area contributed by atoms with Crippen molar-refractivity contribution in [3.05, 3.63) is 53.6 Å². The van der Waals surface area contributed by atoms with Gasteiger partial charge in [0.15, 0.2) is 0 Å². The molecule has 0 aliphatic heterocycles. The van der Waals surface area contributed by atoms with Crippen LogP contribution < -0.4 is 10.5 Å². The molecule has 2 rings (SSSR count). The zero-order valence-corrected chi connectivity index (χ0v) is 11.0. The highest BCUT2D eigenvalue weighted by Gasteiger charge is 2.03. The number of nitriles is 1. The Balaban J connectivity index is 2.13. The first-order chi connectivity index (χ1) is 9.72. The molecule has 20 heavy (non-hydrogen) atoms. The average molecular weight is 268 g/mol. The SMILES string of the molecule is N#CCc1cc(Oc2ccc(CCO)cc2)ccc1N. The number of nitrogens with two attached hydrogens (primary N) is 1. The average Bonchev–Trinajstić information content (AvgIpc) is 2.45. The van der Waals surface area contributed by atoms with E-state index in [4.69, 9.17) is 20.8 Å². The number of nitrogen functional groups attached to an aromatic ring is 1. The number of rotatable bonds is 5. The molecule has 0 fully saturated rings. The molecular weight excluding hydrogens is 252 g/mol. The fraction of sp³-hybridized carbons (Fsp3) is 0.188. The molecule has 0 spiro atoms. The number of aliphatic hydroxyl groups excluding tert-OH is 1. The maximum atomic E-state index is 8.86. The van der Waals surface area contributed by atoms with Crippen molar-refractivity contribution in [1.82, 2.24) is 0 Å². The van der Waals surface area contributed by atoms with E-state index in [1.54, 1.807) is 18.2 Å². The fourth-order valence-corrected chi connectivity index (χ4v) is 1.87. The molecule has 4 heteroatoms. The van der Waals surface area contributed by atoms with Crippen LogP contribution in [0.1, 0.15) is 11.1 Å². The smallest absolute Gasteiger partial charge is 0.127 e. The summed E-state index contributed by atoms with van der Waals surface area (Å²) in [6, 6.07) is 14.9. The van der Waals surface area contributed by atoms with Crippen molar-refractivity contribution in [3.63, 3.8) is 0 Å². The van der Waals surface area contributed by atoms with Crippen LogP contribution in [0, 0.1) is 11.3 Å². The van der Waals surface area contributed by atoms with Gasteiger partial charge in [0, 0.05) is 12.3 Å². The van der Waals surface area contributed by atoms with Gasteiger partial charge in [0.2, 0.25) is 0 Å². The van der Waals surface area contributed by atoms with Crippen molar-refractivity contribution in [3.8, 4) is 17.6 Å². The first-order valence-corrected chi connectivity index (χ1v) is 6.36. The van der Waals surface area contributed by atoms with Crippen LogP contribution in [0.25, 0.3) is 0 Å². The quantitative estimate of drug-likeness (QED) is 0.817. The van der Waals surface area contributed by atoms with Gasteiger partial charge in [0.05, 0.1) is 12.5 Å². The third-order valence-electron chi connectivity index (χ3n) is 2.94. The number of hydrogen-bond acceptors (Lipinski definition) is 4. The van der Waals surface area contributed by atoms with E-state index in [9.17, 15) is 0 Å². The van der Waals surface area contributed by atoms with E-state index in [0.29, 0.717) is 23.6 Å². The molecule has 0 aliphatic carbocycles. The number of anilines is 1. The summed E-state index contributed by atoms with van der Waals surface area (Å²) in [6.07, 6.45) is 0.896. The highest BCUT2D eigenvalue weighted by molar-refractivity contribution is 5.52. The van der Waals surface area contributed by atoms with Crippen LogP contribution in [0.15, 0.2) is 42.5 Å². The molecule has 2 aromatic carbocycles. The van der Waals surface area contributed by atoms with Crippen molar-refractivity contribution in [2.75, 3.05) is 12.3 Å². The van der Waals surface area contributed by atoms with E-state index in [2.05, 4.69) is 6.07 Å². The minimum atomic E-state index is 0.135. The van der Waals surface area contributed by atoms with Crippen LogP contribution >= 0.6 is 0 Å². The van der Waals surface area contributed by atoms with Crippen LogP contribution in [0.5, 0.6) is 11.5 Å². The lowest BCUT2D eigenvalue weighted by Gasteiger charge is -2.09. The zero-order chi connectivity index (χ0) is 14.4. The molecular formula is C16H16N2O2. The largest absolute Gasteiger partial charge is 0.457 e. The summed E-state index contributed by atoms with van der Waals surface area (Å²) in [4.78, 5) is 0. The standard InChI is InChI=1S/C16H16N2O2/c17-9-7-13-11-15(5-6-16(13)18)20-14-3-1-12(2-4-14)8-10-19/h1-6,11,19H,7-8,10,18H2. The third-order valence-corrected chi connectivity index (χ3v) is 2.94. The molecule has 0 unspecified atom stereocenters. The minimum Gasteiger partial charge on any atom is -0.457 e. The first-order valence-electron chi connectivity index (χ1n) is 6.36. The van der Waals surface area contributed by atoms with Gasteiger partial charge in [-0.05, 0) is 47.9 Å². The Bertz CT molecular complexity index is 615. The first kappa shape index (κ1) is 13.9. The molecule has 4 nitrogen and oxygen atoms in total. The van der Waals surface area contributed by atoms with Crippen molar-refractivity contribution in [2.45, 2.75) is 12.8 Å². The predicted octanol–water partition coefficient (Wildman–Crippen LogP) is 2.66. The van der Waals surface area contributed by atoms with Crippen molar-refractivity contribution in [2.24, 2.45) is 0 Å². The van der Waals surface area contributed by atoms with Crippen LogP contribution in [0.3, 0.4) is 0 Å². The number of aliphatic hydroxyl groups is 1. The van der Waals surface area contributed by atoms with Crippen molar-refractivity contribution >= 4 is 5.69 Å². The van der Waals surface area contributed by atoms with Gasteiger partial charge < -0.3 is 15.6 Å². The summed E-state index contributed by atoms with van der Waals surface area (Å²) >= 11 is 0. The Hall–Kier alpha value is -2.51. The molecule has 0 aliphatic rings. The summed E-state index contributed by atoms with van der Waals surface area (Å²) in [7, 11) is 0. The maximum absolute atomic E-state index is 8.86. The van der Waals surface area contributed by atoms with Gasteiger partial charge in [-0.1, -0.05) is 12.1 Å². The second kappa shape index (κ2) is 6.60. The number of nitrogens with zero attached hydrogens (tertiary/aromatic N) is 1. The van der Waals surface area contributed by atoms with Gasteiger partial charge in [-0.3, -0.25) is 0 Å². The monoisotopic (exact) mass is 268 g/mol. The summed E-state index contributed by atoms with van der Waals surface area (Å²) < 4.78 is 5.73. The zero-order valence-electron chi connectivity index (χ0n) is 11.0. The Kier molecular flexibility index (Phi) is 4.59. The van der Waals surface area contributed by atoms with Crippen molar-refractivity contribution < 1.29 is 9.84 Å². The lowest BCUT2D eigenvalue weighted by Crippen LogP contribution is -1.95. The van der Waals surface area contributed by atoms with Crippen LogP contribution in [0.4, 0.5) is 5.69 Å². The number of hydrogen-bond donors (Lipinski definition) is 2. The lowest BCUT2D eigenvalue weighted by molar-refractivity contribution is 0.299. The Labute approximate surface area is 118 Å². The molecule has 0 amide bonds. The topological polar surface area (TPSA) is 79.3 Å². The molecule has 0 bridgehead atoms. The van der Waals surface area contributed by atoms with Gasteiger partial charge in [-0.15, -0.1) is 0 Å². The molecule has 0 radical (unpaired) electrons. The van der Waals surface area contributed by atoms with E-state index in [1.165, 1.54) is 0 Å². The van der Waals surface area contributed by atoms with Gasteiger partial charge in [-0.2, -0.15) is 5.26 Å². The highest BCUT2D eigenvalue weighted by atomic mass is 16.5. The molecule has 0 saturated heterocycles. The molecule has 0 heterocycles. The van der Waals surface area contributed by atoms with Crippen LogP contribution in [-0.4, -0.2) is 11.7 Å². The molecule has 0 saturated carbocycles. The Morgan fingerprint density at radius 3 is 2.45 bits per heavy atom. The number of ether oxygens (including phenoxy) is 1. The summed E-state index contributed by atoms with van der Waals surface area (Å²) in [5.74, 6) is 1.36. The van der Waals surface area contributed by atoms with Gasteiger partial charge in [0.25, 0.3) is 0 Å². The van der Waals surface area contributed by atoms with E-state index in [1.807, 2.05) is 24.3 Å². The minimum absolute atomic E-state index is 0.135. The molecule has 0 atom stereocenters. The maximum Gasteiger partial charge on any atom is 0.127 e. The normalized spacial score (nSPS) is 10.0. The van der Waals surface area contributed by atoms with Crippen molar-refractivity contribution in [1.29, 1.82) is 5.26 Å². The highest BCUT2D eigenvalue weighted by Crippen LogP contribution is 2.25. The summed E-state index contributed by atoms with van der Waals surface area (Å²) in [6.45, 7) is 0.135. The lowest BCUT2D eigenvalue weighted by atomic mass is 10.1. The molecule has 102 valence electrons. The third kappa shape index (κ3) is 3.50. The second-order valence-corrected chi connectivity index (χ2v) is 4.42. The molecule has 3 N–H and O–H groups in total. The summed E-state index contributed by atoms with van der Waals surface area (Å²) in [5, 5.41) is 17.6.